The van der Waals surface area contributed by atoms with E-state index in [0.29, 0.717) is 11.8 Å². The number of nitrogens with one attached hydrogen (secondary N) is 1. The SMILES string of the molecule is CCCC1NC(CC(C)C)C(=O)N1C(C)C(C)(C)C. The van der Waals surface area contributed by atoms with Crippen molar-refractivity contribution < 1.29 is 4.79 Å². The molecule has 112 valence electrons. The monoisotopic (exact) mass is 268 g/mol. The lowest BCUT2D eigenvalue weighted by Gasteiger charge is -2.38. The van der Waals surface area contributed by atoms with Gasteiger partial charge < -0.3 is 4.90 Å². The third kappa shape index (κ3) is 3.95. The van der Waals surface area contributed by atoms with Crippen molar-refractivity contribution in [3.8, 4) is 0 Å². The Morgan fingerprint density at radius 3 is 2.26 bits per heavy atom. The van der Waals surface area contributed by atoms with E-state index in [1.54, 1.807) is 0 Å². The Kier molecular flexibility index (Phi) is 5.43. The Morgan fingerprint density at radius 2 is 1.84 bits per heavy atom. The van der Waals surface area contributed by atoms with Crippen LogP contribution in [0.4, 0.5) is 0 Å². The van der Waals surface area contributed by atoms with Crippen LogP contribution in [0.5, 0.6) is 0 Å². The lowest BCUT2D eigenvalue weighted by molar-refractivity contribution is -0.134. The third-order valence-electron chi connectivity index (χ3n) is 4.22. The minimum Gasteiger partial charge on any atom is -0.323 e. The molecule has 0 bridgehead atoms. The molecule has 1 heterocycles. The lowest BCUT2D eigenvalue weighted by Crippen LogP contribution is -2.48. The van der Waals surface area contributed by atoms with Crippen LogP contribution in [-0.2, 0) is 4.79 Å². The average molecular weight is 268 g/mol. The molecular weight excluding hydrogens is 236 g/mol. The maximum absolute atomic E-state index is 12.7. The second kappa shape index (κ2) is 6.25. The quantitative estimate of drug-likeness (QED) is 0.829. The highest BCUT2D eigenvalue weighted by atomic mass is 16.2. The molecule has 0 aromatic carbocycles. The number of hydrogen-bond donors (Lipinski definition) is 1. The summed E-state index contributed by atoms with van der Waals surface area (Å²) in [6, 6.07) is 0.280. The normalized spacial score (nSPS) is 26.3. The molecule has 1 saturated heterocycles. The second-order valence-electron chi connectivity index (χ2n) is 7.44. The fourth-order valence-electron chi connectivity index (χ4n) is 2.73. The van der Waals surface area contributed by atoms with Crippen molar-refractivity contribution in [3.63, 3.8) is 0 Å². The van der Waals surface area contributed by atoms with Crippen molar-refractivity contribution in [2.75, 3.05) is 0 Å². The minimum absolute atomic E-state index is 0.0151. The molecule has 3 heteroatoms. The first-order valence-corrected chi connectivity index (χ1v) is 7.76. The van der Waals surface area contributed by atoms with E-state index in [4.69, 9.17) is 0 Å². The first-order chi connectivity index (χ1) is 8.68. The highest BCUT2D eigenvalue weighted by Crippen LogP contribution is 2.30. The van der Waals surface area contributed by atoms with Crippen molar-refractivity contribution in [2.45, 2.75) is 86.0 Å². The van der Waals surface area contributed by atoms with E-state index < -0.39 is 0 Å². The van der Waals surface area contributed by atoms with E-state index in [9.17, 15) is 4.79 Å². The molecule has 1 N–H and O–H groups in total. The highest BCUT2D eigenvalue weighted by Gasteiger charge is 2.43. The summed E-state index contributed by atoms with van der Waals surface area (Å²) in [6.07, 6.45) is 3.30. The Hall–Kier alpha value is -0.570. The van der Waals surface area contributed by atoms with Gasteiger partial charge in [-0.2, -0.15) is 0 Å². The molecule has 3 nitrogen and oxygen atoms in total. The molecule has 1 rings (SSSR count). The van der Waals surface area contributed by atoms with Gasteiger partial charge in [-0.3, -0.25) is 10.1 Å². The van der Waals surface area contributed by atoms with E-state index in [-0.39, 0.29) is 23.7 Å². The zero-order valence-electron chi connectivity index (χ0n) is 13.8. The largest absolute Gasteiger partial charge is 0.323 e. The van der Waals surface area contributed by atoms with Crippen LogP contribution in [0.2, 0.25) is 0 Å². The van der Waals surface area contributed by atoms with Crippen LogP contribution < -0.4 is 5.32 Å². The van der Waals surface area contributed by atoms with E-state index in [1.807, 2.05) is 0 Å². The number of rotatable bonds is 5. The summed E-state index contributed by atoms with van der Waals surface area (Å²) in [5.74, 6) is 0.850. The number of carbonyl (C=O) groups excluding carboxylic acids is 1. The Morgan fingerprint density at radius 1 is 1.26 bits per heavy atom. The summed E-state index contributed by atoms with van der Waals surface area (Å²) in [5.41, 5.74) is 0.121. The van der Waals surface area contributed by atoms with Crippen molar-refractivity contribution in [1.29, 1.82) is 0 Å². The topological polar surface area (TPSA) is 32.3 Å². The van der Waals surface area contributed by atoms with Crippen LogP contribution >= 0.6 is 0 Å². The van der Waals surface area contributed by atoms with Gasteiger partial charge in [0.25, 0.3) is 0 Å². The summed E-state index contributed by atoms with van der Waals surface area (Å²) < 4.78 is 0. The lowest BCUT2D eigenvalue weighted by atomic mass is 9.86. The summed E-state index contributed by atoms with van der Waals surface area (Å²) >= 11 is 0. The molecular formula is C16H32N2O. The maximum Gasteiger partial charge on any atom is 0.241 e. The summed E-state index contributed by atoms with van der Waals surface area (Å²) in [6.45, 7) is 15.4. The minimum atomic E-state index is 0.0151. The summed E-state index contributed by atoms with van der Waals surface area (Å²) in [4.78, 5) is 14.8. The van der Waals surface area contributed by atoms with Crippen LogP contribution in [0.25, 0.3) is 0 Å². The van der Waals surface area contributed by atoms with E-state index >= 15 is 0 Å². The first kappa shape index (κ1) is 16.5. The molecule has 1 fully saturated rings. The van der Waals surface area contributed by atoms with Gasteiger partial charge in [0.1, 0.15) is 0 Å². The van der Waals surface area contributed by atoms with E-state index in [0.717, 1.165) is 19.3 Å². The average Bonchev–Trinajstić information content (AvgIpc) is 2.53. The fourth-order valence-corrected chi connectivity index (χ4v) is 2.73. The van der Waals surface area contributed by atoms with Crippen LogP contribution in [-0.4, -0.2) is 29.1 Å². The van der Waals surface area contributed by atoms with Gasteiger partial charge in [-0.1, -0.05) is 48.0 Å². The maximum atomic E-state index is 12.7. The smallest absolute Gasteiger partial charge is 0.241 e. The standard InChI is InChI=1S/C16H32N2O/c1-8-9-14-17-13(10-11(2)3)15(19)18(14)12(4)16(5,6)7/h11-14,17H,8-10H2,1-7H3. The van der Waals surface area contributed by atoms with Crippen molar-refractivity contribution in [2.24, 2.45) is 11.3 Å². The van der Waals surface area contributed by atoms with E-state index in [1.165, 1.54) is 0 Å². The highest BCUT2D eigenvalue weighted by molar-refractivity contribution is 5.84. The molecule has 0 aromatic heterocycles. The predicted molar refractivity (Wildman–Crippen MR) is 80.8 cm³/mol. The van der Waals surface area contributed by atoms with Crippen molar-refractivity contribution >= 4 is 5.91 Å². The van der Waals surface area contributed by atoms with Crippen molar-refractivity contribution in [3.05, 3.63) is 0 Å². The van der Waals surface area contributed by atoms with Crippen LogP contribution in [0.1, 0.15) is 67.7 Å². The number of nitrogens with zero attached hydrogens (tertiary/aromatic N) is 1. The zero-order chi connectivity index (χ0) is 14.8. The second-order valence-corrected chi connectivity index (χ2v) is 7.44. The van der Waals surface area contributed by atoms with Crippen LogP contribution in [0.3, 0.4) is 0 Å². The summed E-state index contributed by atoms with van der Waals surface area (Å²) in [5, 5.41) is 3.55. The van der Waals surface area contributed by atoms with E-state index in [2.05, 4.69) is 58.7 Å². The third-order valence-corrected chi connectivity index (χ3v) is 4.22. The number of carbonyl (C=O) groups is 1. The van der Waals surface area contributed by atoms with Gasteiger partial charge >= 0.3 is 0 Å². The molecule has 0 spiro atoms. The molecule has 0 aromatic rings. The Labute approximate surface area is 119 Å². The molecule has 3 unspecified atom stereocenters. The Balaban J connectivity index is 2.88. The van der Waals surface area contributed by atoms with Gasteiger partial charge in [-0.25, -0.2) is 0 Å². The van der Waals surface area contributed by atoms with Gasteiger partial charge in [0.05, 0.1) is 12.2 Å². The molecule has 1 aliphatic heterocycles. The molecule has 0 radical (unpaired) electrons. The summed E-state index contributed by atoms with van der Waals surface area (Å²) in [7, 11) is 0. The molecule has 1 aliphatic rings. The zero-order valence-corrected chi connectivity index (χ0v) is 13.8. The predicted octanol–water partition coefficient (Wildman–Crippen LogP) is 3.39. The van der Waals surface area contributed by atoms with Crippen molar-refractivity contribution in [1.82, 2.24) is 10.2 Å². The van der Waals surface area contributed by atoms with Gasteiger partial charge in [-0.15, -0.1) is 0 Å². The van der Waals surface area contributed by atoms with Crippen LogP contribution in [0.15, 0.2) is 0 Å². The molecule has 0 aliphatic carbocycles. The number of hydrogen-bond acceptors (Lipinski definition) is 2. The van der Waals surface area contributed by atoms with Gasteiger partial charge in [0.2, 0.25) is 5.91 Å². The fraction of sp³-hybridized carbons (Fsp3) is 0.938. The van der Waals surface area contributed by atoms with Gasteiger partial charge in [0, 0.05) is 6.04 Å². The van der Waals surface area contributed by atoms with Crippen LogP contribution in [0, 0.1) is 11.3 Å². The molecule has 1 amide bonds. The molecule has 19 heavy (non-hydrogen) atoms. The molecule has 3 atom stereocenters. The van der Waals surface area contributed by atoms with Gasteiger partial charge in [-0.05, 0) is 31.1 Å². The number of amides is 1. The Bertz CT molecular complexity index is 306. The first-order valence-electron chi connectivity index (χ1n) is 7.76. The van der Waals surface area contributed by atoms with Gasteiger partial charge in [0.15, 0.2) is 0 Å². The molecule has 0 saturated carbocycles.